The number of allylic oxidation sites excluding steroid dienone is 2. The summed E-state index contributed by atoms with van der Waals surface area (Å²) < 4.78 is 17.0. The van der Waals surface area contributed by atoms with E-state index in [0.717, 1.165) is 57.8 Å². The number of esters is 3. The monoisotopic (exact) mass is 1090 g/mol. The van der Waals surface area contributed by atoms with Crippen LogP contribution < -0.4 is 0 Å². The molecule has 0 fully saturated rings. The SMILES string of the molecule is CCCCCCCCCC/C=C\CCCCCCCCCCCCCCCCCC(=O)OCC(COC(=O)CCCCCCCCCCCCC)OC(=O)CCCCCCCCCCCCCCCCCCCCCCC. The Morgan fingerprint density at radius 1 is 0.247 bits per heavy atom. The van der Waals surface area contributed by atoms with Crippen LogP contribution in [-0.2, 0) is 28.6 Å². The van der Waals surface area contributed by atoms with Crippen molar-refractivity contribution in [2.45, 2.75) is 412 Å². The molecule has 0 N–H and O–H groups in total. The maximum Gasteiger partial charge on any atom is 0.306 e. The van der Waals surface area contributed by atoms with Gasteiger partial charge in [-0.3, -0.25) is 14.4 Å². The molecule has 0 amide bonds. The van der Waals surface area contributed by atoms with Crippen LogP contribution in [0.25, 0.3) is 0 Å². The molecule has 0 spiro atoms. The zero-order chi connectivity index (χ0) is 55.7. The molecule has 6 heteroatoms. The first-order valence-electron chi connectivity index (χ1n) is 35.2. The van der Waals surface area contributed by atoms with Gasteiger partial charge < -0.3 is 14.2 Å². The Balaban J connectivity index is 4.14. The Hall–Kier alpha value is -1.85. The third-order valence-electron chi connectivity index (χ3n) is 16.3. The fraction of sp³-hybridized carbons (Fsp3) is 0.930. The highest BCUT2D eigenvalue weighted by molar-refractivity contribution is 5.71. The third-order valence-corrected chi connectivity index (χ3v) is 16.3. The van der Waals surface area contributed by atoms with Crippen molar-refractivity contribution in [3.05, 3.63) is 12.2 Å². The minimum atomic E-state index is -0.765. The smallest absolute Gasteiger partial charge is 0.306 e. The fourth-order valence-corrected chi connectivity index (χ4v) is 11.0. The Morgan fingerprint density at radius 2 is 0.429 bits per heavy atom. The maximum absolute atomic E-state index is 12.9. The number of unbranched alkanes of at least 4 members (excludes halogenated alkanes) is 53. The molecule has 0 bridgehead atoms. The summed E-state index contributed by atoms with van der Waals surface area (Å²) in [7, 11) is 0. The number of hydrogen-bond acceptors (Lipinski definition) is 6. The summed E-state index contributed by atoms with van der Waals surface area (Å²) in [5.41, 5.74) is 0. The second-order valence-corrected chi connectivity index (χ2v) is 24.2. The molecule has 0 aliphatic heterocycles. The molecule has 0 saturated heterocycles. The number of carbonyl (C=O) groups excluding carboxylic acids is 3. The summed E-state index contributed by atoms with van der Waals surface area (Å²) in [5.74, 6) is -0.829. The van der Waals surface area contributed by atoms with E-state index >= 15 is 0 Å². The lowest BCUT2D eigenvalue weighted by atomic mass is 10.0. The average Bonchev–Trinajstić information content (AvgIpc) is 3.43. The van der Waals surface area contributed by atoms with Gasteiger partial charge in [0.05, 0.1) is 0 Å². The predicted molar refractivity (Wildman–Crippen MR) is 335 cm³/mol. The van der Waals surface area contributed by atoms with Crippen molar-refractivity contribution in [3.63, 3.8) is 0 Å². The van der Waals surface area contributed by atoms with Gasteiger partial charge in [-0.05, 0) is 44.9 Å². The maximum atomic E-state index is 12.9. The van der Waals surface area contributed by atoms with Crippen LogP contribution in [0.1, 0.15) is 406 Å². The second-order valence-electron chi connectivity index (χ2n) is 24.2. The van der Waals surface area contributed by atoms with Crippen LogP contribution in [-0.4, -0.2) is 37.2 Å². The van der Waals surface area contributed by atoms with Crippen molar-refractivity contribution < 1.29 is 28.6 Å². The molecule has 0 rings (SSSR count). The molecule has 0 aromatic rings. The van der Waals surface area contributed by atoms with Crippen molar-refractivity contribution in [1.29, 1.82) is 0 Å². The van der Waals surface area contributed by atoms with Gasteiger partial charge in [0.1, 0.15) is 13.2 Å². The molecule has 0 saturated carbocycles. The molecule has 0 radical (unpaired) electrons. The topological polar surface area (TPSA) is 78.9 Å². The molecule has 0 aliphatic carbocycles. The summed E-state index contributed by atoms with van der Waals surface area (Å²) in [4.78, 5) is 38.3. The van der Waals surface area contributed by atoms with E-state index in [1.54, 1.807) is 0 Å². The molecule has 0 aromatic carbocycles. The highest BCUT2D eigenvalue weighted by atomic mass is 16.6. The van der Waals surface area contributed by atoms with Crippen molar-refractivity contribution in [1.82, 2.24) is 0 Å². The number of ether oxygens (including phenoxy) is 3. The first kappa shape index (κ1) is 75.2. The molecule has 456 valence electrons. The van der Waals surface area contributed by atoms with Gasteiger partial charge >= 0.3 is 17.9 Å². The molecule has 0 aliphatic rings. The lowest BCUT2D eigenvalue weighted by Crippen LogP contribution is -2.30. The van der Waals surface area contributed by atoms with E-state index < -0.39 is 6.10 Å². The molecule has 1 atom stereocenters. The molecular weight excluding hydrogens is 949 g/mol. The van der Waals surface area contributed by atoms with E-state index in [0.29, 0.717) is 19.3 Å². The van der Waals surface area contributed by atoms with Crippen LogP contribution in [0.2, 0.25) is 0 Å². The molecular formula is C71H136O6. The summed E-state index contributed by atoms with van der Waals surface area (Å²) in [5, 5.41) is 0. The van der Waals surface area contributed by atoms with Gasteiger partial charge in [-0.2, -0.15) is 0 Å². The first-order chi connectivity index (χ1) is 38.0. The minimum Gasteiger partial charge on any atom is -0.462 e. The van der Waals surface area contributed by atoms with Gasteiger partial charge in [0.15, 0.2) is 6.10 Å². The third kappa shape index (κ3) is 64.9. The van der Waals surface area contributed by atoms with Gasteiger partial charge in [-0.15, -0.1) is 0 Å². The van der Waals surface area contributed by atoms with Crippen molar-refractivity contribution >= 4 is 17.9 Å². The molecule has 1 unspecified atom stereocenters. The van der Waals surface area contributed by atoms with Crippen LogP contribution >= 0.6 is 0 Å². The summed E-state index contributed by atoms with van der Waals surface area (Å²) in [6.45, 7) is 6.72. The molecule has 0 heterocycles. The van der Waals surface area contributed by atoms with Crippen LogP contribution in [0, 0.1) is 0 Å². The Morgan fingerprint density at radius 3 is 0.649 bits per heavy atom. The summed E-state index contributed by atoms with van der Waals surface area (Å²) >= 11 is 0. The van der Waals surface area contributed by atoms with E-state index in [-0.39, 0.29) is 31.1 Å². The normalized spacial score (nSPS) is 12.0. The highest BCUT2D eigenvalue weighted by Gasteiger charge is 2.19. The lowest BCUT2D eigenvalue weighted by Gasteiger charge is -2.18. The number of rotatable bonds is 66. The average molecular weight is 1090 g/mol. The van der Waals surface area contributed by atoms with Crippen molar-refractivity contribution in [2.24, 2.45) is 0 Å². The fourth-order valence-electron chi connectivity index (χ4n) is 11.0. The Kier molecular flexibility index (Phi) is 65.1. The molecule has 0 aromatic heterocycles. The molecule has 6 nitrogen and oxygen atoms in total. The quantitative estimate of drug-likeness (QED) is 0.0261. The summed E-state index contributed by atoms with van der Waals surface area (Å²) in [6, 6.07) is 0. The van der Waals surface area contributed by atoms with E-state index in [1.165, 1.54) is 308 Å². The lowest BCUT2D eigenvalue weighted by molar-refractivity contribution is -0.167. The largest absolute Gasteiger partial charge is 0.462 e. The number of carbonyl (C=O) groups is 3. The van der Waals surface area contributed by atoms with E-state index in [4.69, 9.17) is 14.2 Å². The Labute approximate surface area is 481 Å². The zero-order valence-electron chi connectivity index (χ0n) is 52.5. The Bertz CT molecular complexity index is 1200. The van der Waals surface area contributed by atoms with Crippen molar-refractivity contribution in [2.75, 3.05) is 13.2 Å². The first-order valence-corrected chi connectivity index (χ1v) is 35.2. The minimum absolute atomic E-state index is 0.0626. The second kappa shape index (κ2) is 66.7. The molecule has 77 heavy (non-hydrogen) atoms. The number of hydrogen-bond donors (Lipinski definition) is 0. The van der Waals surface area contributed by atoms with Gasteiger partial charge in [0, 0.05) is 19.3 Å². The van der Waals surface area contributed by atoms with E-state index in [9.17, 15) is 14.4 Å². The van der Waals surface area contributed by atoms with Crippen molar-refractivity contribution in [3.8, 4) is 0 Å². The van der Waals surface area contributed by atoms with Gasteiger partial charge in [-0.1, -0.05) is 354 Å². The van der Waals surface area contributed by atoms with Crippen LogP contribution in [0.15, 0.2) is 12.2 Å². The predicted octanol–water partition coefficient (Wildman–Crippen LogP) is 24.0. The van der Waals surface area contributed by atoms with Gasteiger partial charge in [0.2, 0.25) is 0 Å². The van der Waals surface area contributed by atoms with E-state index in [2.05, 4.69) is 32.9 Å². The van der Waals surface area contributed by atoms with E-state index in [1.807, 2.05) is 0 Å². The zero-order valence-corrected chi connectivity index (χ0v) is 52.5. The highest BCUT2D eigenvalue weighted by Crippen LogP contribution is 2.19. The van der Waals surface area contributed by atoms with Crippen LogP contribution in [0.5, 0.6) is 0 Å². The van der Waals surface area contributed by atoms with Crippen LogP contribution in [0.4, 0.5) is 0 Å². The summed E-state index contributed by atoms with van der Waals surface area (Å²) in [6.07, 6.45) is 79.6. The standard InChI is InChI=1S/C71H136O6/c1-4-7-10-13-16-19-22-24-26-28-30-32-33-34-35-36-37-39-40-42-44-46-49-52-55-58-61-64-70(73)76-67-68(66-75-69(72)63-60-57-54-51-48-21-18-15-12-9-6-3)77-71(74)65-62-59-56-53-50-47-45-43-41-38-31-29-27-25-23-20-17-14-11-8-5-2/h28,30,68H,4-27,29,31-67H2,1-3H3/b30-28-. The van der Waals surface area contributed by atoms with Gasteiger partial charge in [0.25, 0.3) is 0 Å². The van der Waals surface area contributed by atoms with Gasteiger partial charge in [-0.25, -0.2) is 0 Å². The van der Waals surface area contributed by atoms with Crippen LogP contribution in [0.3, 0.4) is 0 Å².